The number of rotatable bonds is 5. The van der Waals surface area contributed by atoms with Crippen LogP contribution in [0, 0.1) is 0 Å². The minimum atomic E-state index is -0.430. The first kappa shape index (κ1) is 15.7. The number of aromatic nitrogens is 1. The summed E-state index contributed by atoms with van der Waals surface area (Å²) in [6.07, 6.45) is 4.69. The molecule has 1 amide bonds. The van der Waals surface area contributed by atoms with Gasteiger partial charge in [-0.1, -0.05) is 6.07 Å². The Kier molecular flexibility index (Phi) is 5.05. The molecule has 3 rings (SSSR count). The lowest BCUT2D eigenvalue weighted by atomic mass is 10.2. The summed E-state index contributed by atoms with van der Waals surface area (Å²) in [6, 6.07) is 7.53. The molecule has 6 heteroatoms. The van der Waals surface area contributed by atoms with Crippen molar-refractivity contribution >= 4 is 5.91 Å². The Morgan fingerprint density at radius 1 is 1.39 bits per heavy atom. The molecule has 1 saturated heterocycles. The van der Waals surface area contributed by atoms with E-state index in [1.807, 2.05) is 31.3 Å². The molecular weight excluding hydrogens is 294 g/mol. The summed E-state index contributed by atoms with van der Waals surface area (Å²) in [7, 11) is 2.00. The second kappa shape index (κ2) is 7.39. The molecule has 2 aromatic rings. The van der Waals surface area contributed by atoms with Gasteiger partial charge in [-0.15, -0.1) is 0 Å². The number of furan rings is 1. The fraction of sp³-hybridized carbons (Fsp3) is 0.412. The number of carbonyl (C=O) groups excluding carboxylic acids is 1. The van der Waals surface area contributed by atoms with E-state index in [2.05, 4.69) is 9.88 Å². The zero-order chi connectivity index (χ0) is 16.1. The van der Waals surface area contributed by atoms with Gasteiger partial charge in [0.15, 0.2) is 0 Å². The van der Waals surface area contributed by atoms with Crippen molar-refractivity contribution in [1.82, 2.24) is 14.8 Å². The van der Waals surface area contributed by atoms with E-state index >= 15 is 0 Å². The molecule has 0 spiro atoms. The normalized spacial score (nSPS) is 18.7. The molecule has 0 saturated carbocycles. The molecule has 1 aliphatic rings. The Labute approximate surface area is 135 Å². The number of nitrogens with zero attached hydrogens (tertiary/aromatic N) is 3. The van der Waals surface area contributed by atoms with Gasteiger partial charge >= 0.3 is 0 Å². The maximum atomic E-state index is 12.9. The number of hydrogen-bond donors (Lipinski definition) is 0. The number of hydrogen-bond acceptors (Lipinski definition) is 5. The van der Waals surface area contributed by atoms with Gasteiger partial charge in [0.25, 0.3) is 5.91 Å². The molecule has 0 N–H and O–H groups in total. The van der Waals surface area contributed by atoms with Crippen LogP contribution in [0.15, 0.2) is 47.3 Å². The molecule has 122 valence electrons. The van der Waals surface area contributed by atoms with Crippen LogP contribution in [-0.2, 0) is 22.6 Å². The van der Waals surface area contributed by atoms with Crippen LogP contribution in [0.4, 0.5) is 0 Å². The lowest BCUT2D eigenvalue weighted by Crippen LogP contribution is -2.49. The average Bonchev–Trinajstić information content (AvgIpc) is 3.08. The zero-order valence-electron chi connectivity index (χ0n) is 13.2. The highest BCUT2D eigenvalue weighted by atomic mass is 16.5. The third-order valence-electron chi connectivity index (χ3n) is 3.88. The first-order valence-corrected chi connectivity index (χ1v) is 7.72. The quantitative estimate of drug-likeness (QED) is 0.837. The minimum absolute atomic E-state index is 0.0168. The summed E-state index contributed by atoms with van der Waals surface area (Å²) in [6.45, 7) is 2.95. The van der Waals surface area contributed by atoms with Gasteiger partial charge in [0.2, 0.25) is 0 Å². The van der Waals surface area contributed by atoms with Crippen LogP contribution in [0.5, 0.6) is 0 Å². The fourth-order valence-corrected chi connectivity index (χ4v) is 2.65. The Balaban J connectivity index is 1.74. The van der Waals surface area contributed by atoms with Gasteiger partial charge in [0, 0.05) is 32.0 Å². The number of carbonyl (C=O) groups is 1. The van der Waals surface area contributed by atoms with Crippen molar-refractivity contribution in [3.63, 3.8) is 0 Å². The smallest absolute Gasteiger partial charge is 0.253 e. The van der Waals surface area contributed by atoms with E-state index in [1.54, 1.807) is 23.6 Å². The van der Waals surface area contributed by atoms with Crippen LogP contribution in [-0.4, -0.2) is 53.5 Å². The van der Waals surface area contributed by atoms with Crippen molar-refractivity contribution < 1.29 is 13.9 Å². The van der Waals surface area contributed by atoms with Gasteiger partial charge in [-0.25, -0.2) is 0 Å². The summed E-state index contributed by atoms with van der Waals surface area (Å²) in [5.74, 6) is 0.739. The van der Waals surface area contributed by atoms with Crippen molar-refractivity contribution in [1.29, 1.82) is 0 Å². The zero-order valence-corrected chi connectivity index (χ0v) is 13.2. The molecule has 2 aromatic heterocycles. The molecule has 0 unspecified atom stereocenters. The molecule has 1 atom stereocenters. The maximum Gasteiger partial charge on any atom is 0.253 e. The molecule has 1 aliphatic heterocycles. The lowest BCUT2D eigenvalue weighted by Gasteiger charge is -2.33. The highest BCUT2D eigenvalue weighted by Crippen LogP contribution is 2.14. The monoisotopic (exact) mass is 315 g/mol. The summed E-state index contributed by atoms with van der Waals surface area (Å²) in [5, 5.41) is 0. The van der Waals surface area contributed by atoms with Crippen LogP contribution in [0.1, 0.15) is 11.3 Å². The molecule has 0 bridgehead atoms. The van der Waals surface area contributed by atoms with E-state index in [9.17, 15) is 4.79 Å². The Morgan fingerprint density at radius 2 is 2.30 bits per heavy atom. The highest BCUT2D eigenvalue weighted by molar-refractivity contribution is 5.81. The van der Waals surface area contributed by atoms with Crippen LogP contribution in [0.2, 0.25) is 0 Å². The van der Waals surface area contributed by atoms with Crippen molar-refractivity contribution in [2.75, 3.05) is 26.7 Å². The summed E-state index contributed by atoms with van der Waals surface area (Å²) >= 11 is 0. The first-order chi connectivity index (χ1) is 11.2. The molecule has 3 heterocycles. The Bertz CT molecular complexity index is 615. The van der Waals surface area contributed by atoms with E-state index in [0.29, 0.717) is 26.2 Å². The lowest BCUT2D eigenvalue weighted by molar-refractivity contribution is -0.150. The molecule has 0 aromatic carbocycles. The molecule has 0 aliphatic carbocycles. The summed E-state index contributed by atoms with van der Waals surface area (Å²) in [5.41, 5.74) is 0.983. The van der Waals surface area contributed by atoms with Gasteiger partial charge in [-0.2, -0.15) is 0 Å². The molecule has 6 nitrogen and oxygen atoms in total. The largest absolute Gasteiger partial charge is 0.467 e. The number of morpholine rings is 1. The predicted octanol–water partition coefficient (Wildman–Crippen LogP) is 1.53. The van der Waals surface area contributed by atoms with E-state index in [1.165, 1.54) is 0 Å². The average molecular weight is 315 g/mol. The van der Waals surface area contributed by atoms with Crippen LogP contribution in [0.25, 0.3) is 0 Å². The van der Waals surface area contributed by atoms with Crippen molar-refractivity contribution in [2.24, 2.45) is 0 Å². The third kappa shape index (κ3) is 4.18. The SMILES string of the molecule is CN1CCO[C@@H](C(=O)N(Cc2cccnc2)Cc2ccco2)C1. The summed E-state index contributed by atoms with van der Waals surface area (Å²) < 4.78 is 11.1. The topological polar surface area (TPSA) is 58.8 Å². The van der Waals surface area contributed by atoms with Gasteiger partial charge in [0.05, 0.1) is 19.4 Å². The molecular formula is C17H21N3O3. The third-order valence-corrected chi connectivity index (χ3v) is 3.88. The van der Waals surface area contributed by atoms with E-state index < -0.39 is 6.10 Å². The Morgan fingerprint density at radius 3 is 3.00 bits per heavy atom. The first-order valence-electron chi connectivity index (χ1n) is 7.72. The van der Waals surface area contributed by atoms with Crippen LogP contribution < -0.4 is 0 Å². The van der Waals surface area contributed by atoms with E-state index in [-0.39, 0.29) is 5.91 Å². The van der Waals surface area contributed by atoms with E-state index in [4.69, 9.17) is 9.15 Å². The van der Waals surface area contributed by atoms with Crippen LogP contribution in [0.3, 0.4) is 0 Å². The maximum absolute atomic E-state index is 12.9. The number of likely N-dealkylation sites (N-methyl/N-ethyl adjacent to an activating group) is 1. The van der Waals surface area contributed by atoms with Gasteiger partial charge < -0.3 is 19.0 Å². The molecule has 23 heavy (non-hydrogen) atoms. The van der Waals surface area contributed by atoms with Gasteiger partial charge in [-0.05, 0) is 30.8 Å². The standard InChI is InChI=1S/C17H21N3O3/c1-19-7-9-23-16(13-19)17(21)20(12-15-5-3-8-22-15)11-14-4-2-6-18-10-14/h2-6,8,10,16H,7,9,11-13H2,1H3/t16-/m1/s1. The van der Waals surface area contributed by atoms with Crippen molar-refractivity contribution in [2.45, 2.75) is 19.2 Å². The number of amides is 1. The highest BCUT2D eigenvalue weighted by Gasteiger charge is 2.29. The second-order valence-corrected chi connectivity index (χ2v) is 5.76. The van der Waals surface area contributed by atoms with Crippen LogP contribution >= 0.6 is 0 Å². The fourth-order valence-electron chi connectivity index (χ4n) is 2.65. The number of pyridine rings is 1. The predicted molar refractivity (Wildman–Crippen MR) is 84.4 cm³/mol. The Hall–Kier alpha value is -2.18. The molecule has 1 fully saturated rings. The van der Waals surface area contributed by atoms with Crippen molar-refractivity contribution in [3.8, 4) is 0 Å². The summed E-state index contributed by atoms with van der Waals surface area (Å²) in [4.78, 5) is 20.9. The second-order valence-electron chi connectivity index (χ2n) is 5.76. The van der Waals surface area contributed by atoms with Gasteiger partial charge in [0.1, 0.15) is 11.9 Å². The minimum Gasteiger partial charge on any atom is -0.467 e. The van der Waals surface area contributed by atoms with Crippen molar-refractivity contribution in [3.05, 3.63) is 54.2 Å². The molecule has 0 radical (unpaired) electrons. The van der Waals surface area contributed by atoms with E-state index in [0.717, 1.165) is 17.9 Å². The van der Waals surface area contributed by atoms with Gasteiger partial charge in [-0.3, -0.25) is 9.78 Å². The number of ether oxygens (including phenoxy) is 1.